The lowest BCUT2D eigenvalue weighted by atomic mass is 10.1. The molecular weight excluding hydrogens is 346 g/mol. The Morgan fingerprint density at radius 3 is 3.09 bits per heavy atom. The number of hydrogen-bond donors (Lipinski definition) is 2. The molecule has 6 nitrogen and oxygen atoms in total. The number of benzene rings is 1. The summed E-state index contributed by atoms with van der Waals surface area (Å²) in [6.45, 7) is 3.68. The molecule has 0 radical (unpaired) electrons. The van der Waals surface area contributed by atoms with Gasteiger partial charge in [-0.1, -0.05) is 27.2 Å². The molecule has 7 heteroatoms. The standard InChI is InChI=1S/C15H18BrN5O/c1-10-14(15(22)18-12-5-3-7-17-9-12)19-20-21(10)13-6-2-4-11(16)8-13/h2,4,6,8,12,17H,3,5,7,9H2,1H3,(H,18,22). The van der Waals surface area contributed by atoms with E-state index >= 15 is 0 Å². The number of amides is 1. The molecule has 2 N–H and O–H groups in total. The van der Waals surface area contributed by atoms with Crippen molar-refractivity contribution in [2.24, 2.45) is 0 Å². The first-order valence-electron chi connectivity index (χ1n) is 7.35. The van der Waals surface area contributed by atoms with Gasteiger partial charge in [-0.25, -0.2) is 4.68 Å². The van der Waals surface area contributed by atoms with Crippen LogP contribution in [-0.4, -0.2) is 40.0 Å². The molecule has 1 aromatic heterocycles. The van der Waals surface area contributed by atoms with Crippen LogP contribution in [0.4, 0.5) is 0 Å². The van der Waals surface area contributed by atoms with Gasteiger partial charge in [-0.15, -0.1) is 5.10 Å². The second kappa shape index (κ2) is 6.58. The van der Waals surface area contributed by atoms with E-state index in [0.717, 1.165) is 41.8 Å². The zero-order valence-corrected chi connectivity index (χ0v) is 13.9. The van der Waals surface area contributed by atoms with E-state index in [9.17, 15) is 4.79 Å². The van der Waals surface area contributed by atoms with Crippen LogP contribution in [0.1, 0.15) is 29.0 Å². The van der Waals surface area contributed by atoms with E-state index in [2.05, 4.69) is 36.9 Å². The molecule has 0 bridgehead atoms. The second-order valence-corrected chi connectivity index (χ2v) is 6.35. The van der Waals surface area contributed by atoms with Gasteiger partial charge in [0, 0.05) is 17.1 Å². The highest BCUT2D eigenvalue weighted by Gasteiger charge is 2.21. The van der Waals surface area contributed by atoms with Gasteiger partial charge in [0.1, 0.15) is 0 Å². The first-order chi connectivity index (χ1) is 10.6. The number of rotatable bonds is 3. The fourth-order valence-electron chi connectivity index (χ4n) is 2.62. The minimum absolute atomic E-state index is 0.160. The molecule has 1 saturated heterocycles. The highest BCUT2D eigenvalue weighted by Crippen LogP contribution is 2.17. The number of carbonyl (C=O) groups excluding carboxylic acids is 1. The first-order valence-corrected chi connectivity index (χ1v) is 8.14. The van der Waals surface area contributed by atoms with Gasteiger partial charge >= 0.3 is 0 Å². The molecule has 0 saturated carbocycles. The average Bonchev–Trinajstić information content (AvgIpc) is 2.90. The van der Waals surface area contributed by atoms with Crippen molar-refractivity contribution in [2.45, 2.75) is 25.8 Å². The van der Waals surface area contributed by atoms with Gasteiger partial charge in [-0.05, 0) is 44.5 Å². The molecule has 2 heterocycles. The summed E-state index contributed by atoms with van der Waals surface area (Å²) in [6, 6.07) is 7.90. The van der Waals surface area contributed by atoms with Crippen LogP contribution in [0.5, 0.6) is 0 Å². The molecule has 1 aliphatic heterocycles. The van der Waals surface area contributed by atoms with Crippen LogP contribution >= 0.6 is 15.9 Å². The highest BCUT2D eigenvalue weighted by molar-refractivity contribution is 9.10. The summed E-state index contributed by atoms with van der Waals surface area (Å²) >= 11 is 3.44. The van der Waals surface area contributed by atoms with E-state index in [4.69, 9.17) is 0 Å². The molecule has 1 atom stereocenters. The molecule has 2 aromatic rings. The zero-order chi connectivity index (χ0) is 15.5. The Morgan fingerprint density at radius 1 is 1.50 bits per heavy atom. The summed E-state index contributed by atoms with van der Waals surface area (Å²) < 4.78 is 2.64. The Hall–Kier alpha value is -1.73. The van der Waals surface area contributed by atoms with Gasteiger partial charge in [-0.2, -0.15) is 0 Å². The van der Waals surface area contributed by atoms with Crippen LogP contribution in [0, 0.1) is 6.92 Å². The van der Waals surface area contributed by atoms with E-state index in [1.807, 2.05) is 31.2 Å². The van der Waals surface area contributed by atoms with Crippen LogP contribution in [0.2, 0.25) is 0 Å². The maximum absolute atomic E-state index is 12.4. The van der Waals surface area contributed by atoms with Crippen LogP contribution in [0.15, 0.2) is 28.7 Å². The lowest BCUT2D eigenvalue weighted by Crippen LogP contribution is -2.45. The predicted octanol–water partition coefficient (Wildman–Crippen LogP) is 1.82. The van der Waals surface area contributed by atoms with Crippen molar-refractivity contribution in [3.05, 3.63) is 40.1 Å². The summed E-state index contributed by atoms with van der Waals surface area (Å²) in [5.41, 5.74) is 1.99. The van der Waals surface area contributed by atoms with Crippen LogP contribution in [-0.2, 0) is 0 Å². The summed E-state index contributed by atoms with van der Waals surface area (Å²) in [4.78, 5) is 12.4. The molecule has 1 aromatic carbocycles. The zero-order valence-electron chi connectivity index (χ0n) is 12.3. The lowest BCUT2D eigenvalue weighted by molar-refractivity contribution is 0.0925. The fourth-order valence-corrected chi connectivity index (χ4v) is 3.01. The van der Waals surface area contributed by atoms with Gasteiger partial charge < -0.3 is 10.6 Å². The number of piperidine rings is 1. The van der Waals surface area contributed by atoms with Crippen molar-refractivity contribution in [2.75, 3.05) is 13.1 Å². The maximum Gasteiger partial charge on any atom is 0.274 e. The first kappa shape index (κ1) is 15.2. The summed E-state index contributed by atoms with van der Waals surface area (Å²) in [5, 5.41) is 14.5. The van der Waals surface area contributed by atoms with Crippen molar-refractivity contribution >= 4 is 21.8 Å². The Kier molecular flexibility index (Phi) is 4.54. The Morgan fingerprint density at radius 2 is 2.36 bits per heavy atom. The molecule has 3 rings (SSSR count). The number of carbonyl (C=O) groups is 1. The number of aromatic nitrogens is 3. The third-order valence-corrected chi connectivity index (χ3v) is 4.29. The lowest BCUT2D eigenvalue weighted by Gasteiger charge is -2.23. The van der Waals surface area contributed by atoms with Gasteiger partial charge in [0.2, 0.25) is 0 Å². The summed E-state index contributed by atoms with van der Waals surface area (Å²) in [6.07, 6.45) is 2.08. The summed E-state index contributed by atoms with van der Waals surface area (Å²) in [7, 11) is 0. The highest BCUT2D eigenvalue weighted by atomic mass is 79.9. The normalized spacial score (nSPS) is 18.2. The second-order valence-electron chi connectivity index (χ2n) is 5.43. The molecule has 116 valence electrons. The predicted molar refractivity (Wildman–Crippen MR) is 87.2 cm³/mol. The van der Waals surface area contributed by atoms with Crippen molar-refractivity contribution in [3.63, 3.8) is 0 Å². The van der Waals surface area contributed by atoms with E-state index in [0.29, 0.717) is 5.69 Å². The number of hydrogen-bond acceptors (Lipinski definition) is 4. The van der Waals surface area contributed by atoms with Crippen molar-refractivity contribution in [1.29, 1.82) is 0 Å². The summed E-state index contributed by atoms with van der Waals surface area (Å²) in [5.74, 6) is -0.160. The topological polar surface area (TPSA) is 71.8 Å². The number of nitrogens with zero attached hydrogens (tertiary/aromatic N) is 3. The Balaban J connectivity index is 1.79. The van der Waals surface area contributed by atoms with Crippen molar-refractivity contribution in [1.82, 2.24) is 25.6 Å². The van der Waals surface area contributed by atoms with Gasteiger partial charge in [0.25, 0.3) is 5.91 Å². The average molecular weight is 364 g/mol. The molecule has 0 aliphatic carbocycles. The van der Waals surface area contributed by atoms with Gasteiger partial charge in [-0.3, -0.25) is 4.79 Å². The number of halogens is 1. The molecule has 0 spiro atoms. The molecule has 1 unspecified atom stereocenters. The largest absolute Gasteiger partial charge is 0.347 e. The number of nitrogens with one attached hydrogen (secondary N) is 2. The quantitative estimate of drug-likeness (QED) is 0.872. The molecule has 1 fully saturated rings. The van der Waals surface area contributed by atoms with Crippen LogP contribution in [0.3, 0.4) is 0 Å². The van der Waals surface area contributed by atoms with Crippen molar-refractivity contribution in [3.8, 4) is 5.69 Å². The van der Waals surface area contributed by atoms with Crippen molar-refractivity contribution < 1.29 is 4.79 Å². The van der Waals surface area contributed by atoms with E-state index < -0.39 is 0 Å². The molecule has 1 amide bonds. The van der Waals surface area contributed by atoms with E-state index in [-0.39, 0.29) is 11.9 Å². The maximum atomic E-state index is 12.4. The third-order valence-electron chi connectivity index (χ3n) is 3.79. The smallest absolute Gasteiger partial charge is 0.274 e. The minimum atomic E-state index is -0.160. The Labute approximate surface area is 137 Å². The molecular formula is C15H18BrN5O. The molecule has 22 heavy (non-hydrogen) atoms. The minimum Gasteiger partial charge on any atom is -0.347 e. The van der Waals surface area contributed by atoms with E-state index in [1.54, 1.807) is 4.68 Å². The van der Waals surface area contributed by atoms with E-state index in [1.165, 1.54) is 0 Å². The third kappa shape index (κ3) is 3.20. The Bertz CT molecular complexity index is 678. The van der Waals surface area contributed by atoms with Crippen LogP contribution in [0.25, 0.3) is 5.69 Å². The molecule has 1 aliphatic rings. The SMILES string of the molecule is Cc1c(C(=O)NC2CCCNC2)nnn1-c1cccc(Br)c1. The fraction of sp³-hybridized carbons (Fsp3) is 0.400. The van der Waals surface area contributed by atoms with Crippen LogP contribution < -0.4 is 10.6 Å². The van der Waals surface area contributed by atoms with Gasteiger partial charge in [0.05, 0.1) is 11.4 Å². The monoisotopic (exact) mass is 363 g/mol. The van der Waals surface area contributed by atoms with Gasteiger partial charge in [0.15, 0.2) is 5.69 Å².